The number of likely N-dealkylation sites (tertiary alicyclic amines) is 1. The molecular weight excluding hydrogens is 242 g/mol. The number of hydrogen-bond acceptors (Lipinski definition) is 5. The van der Waals surface area contributed by atoms with E-state index in [0.29, 0.717) is 12.0 Å². The van der Waals surface area contributed by atoms with Gasteiger partial charge in [-0.05, 0) is 52.9 Å². The van der Waals surface area contributed by atoms with Crippen LogP contribution in [-0.2, 0) is 9.53 Å². The number of rotatable bonds is 6. The van der Waals surface area contributed by atoms with Gasteiger partial charge in [0.05, 0.1) is 7.11 Å². The summed E-state index contributed by atoms with van der Waals surface area (Å²) < 4.78 is 5.05. The van der Waals surface area contributed by atoms with Crippen LogP contribution >= 0.6 is 0 Å². The van der Waals surface area contributed by atoms with Crippen LogP contribution in [0.3, 0.4) is 0 Å². The Kier molecular flexibility index (Phi) is 4.48. The number of nitrogens with one attached hydrogen (secondary N) is 1. The summed E-state index contributed by atoms with van der Waals surface area (Å²) >= 11 is 0. The summed E-state index contributed by atoms with van der Waals surface area (Å²) in [5.41, 5.74) is -0.504. The van der Waals surface area contributed by atoms with E-state index in [2.05, 4.69) is 29.2 Å². The maximum absolute atomic E-state index is 12.2. The highest BCUT2D eigenvalue weighted by Crippen LogP contribution is 2.41. The second-order valence-electron chi connectivity index (χ2n) is 6.13. The standard InChI is InChI=1S/C14H27N3O2/c1-15-14(11-5-6-11,13(18)19-4)10-17-8-7-12(9-17)16(2)3/h11-12,15H,5-10H2,1-4H3. The minimum absolute atomic E-state index is 0.106. The lowest BCUT2D eigenvalue weighted by molar-refractivity contribution is -0.150. The van der Waals surface area contributed by atoms with Gasteiger partial charge in [-0.25, -0.2) is 4.79 Å². The fraction of sp³-hybridized carbons (Fsp3) is 0.929. The van der Waals surface area contributed by atoms with Gasteiger partial charge in [0, 0.05) is 19.1 Å². The smallest absolute Gasteiger partial charge is 0.327 e. The molecule has 2 fully saturated rings. The Morgan fingerprint density at radius 3 is 2.53 bits per heavy atom. The van der Waals surface area contributed by atoms with Crippen LogP contribution in [0.1, 0.15) is 19.3 Å². The zero-order valence-corrected chi connectivity index (χ0v) is 12.6. The second-order valence-corrected chi connectivity index (χ2v) is 6.13. The van der Waals surface area contributed by atoms with Crippen molar-refractivity contribution < 1.29 is 9.53 Å². The molecule has 0 radical (unpaired) electrons. The van der Waals surface area contributed by atoms with Crippen molar-refractivity contribution in [2.24, 2.45) is 5.92 Å². The molecule has 0 bridgehead atoms. The number of ether oxygens (including phenoxy) is 1. The molecule has 2 rings (SSSR count). The molecule has 0 amide bonds. The molecule has 1 N–H and O–H groups in total. The van der Waals surface area contributed by atoms with Gasteiger partial charge in [-0.2, -0.15) is 0 Å². The average molecular weight is 269 g/mol. The molecule has 2 aliphatic rings. The van der Waals surface area contributed by atoms with Crippen molar-refractivity contribution >= 4 is 5.97 Å². The first-order chi connectivity index (χ1) is 9.03. The number of methoxy groups -OCH3 is 1. The van der Waals surface area contributed by atoms with Gasteiger partial charge in [0.25, 0.3) is 0 Å². The summed E-state index contributed by atoms with van der Waals surface area (Å²) in [7, 11) is 7.62. The van der Waals surface area contributed by atoms with Gasteiger partial charge in [-0.15, -0.1) is 0 Å². The fourth-order valence-electron chi connectivity index (χ4n) is 3.23. The lowest BCUT2D eigenvalue weighted by atomic mass is 9.92. The Morgan fingerprint density at radius 1 is 1.42 bits per heavy atom. The monoisotopic (exact) mass is 269 g/mol. The van der Waals surface area contributed by atoms with Crippen LogP contribution in [0.5, 0.6) is 0 Å². The van der Waals surface area contributed by atoms with Crippen LogP contribution in [-0.4, -0.2) is 75.2 Å². The molecule has 1 saturated carbocycles. The van der Waals surface area contributed by atoms with Crippen molar-refractivity contribution in [3.05, 3.63) is 0 Å². The highest BCUT2D eigenvalue weighted by Gasteiger charge is 2.52. The van der Waals surface area contributed by atoms with Crippen molar-refractivity contribution in [1.29, 1.82) is 0 Å². The average Bonchev–Trinajstić information content (AvgIpc) is 3.15. The molecule has 0 spiro atoms. The Hall–Kier alpha value is -0.650. The van der Waals surface area contributed by atoms with Crippen LogP contribution in [0.4, 0.5) is 0 Å². The molecule has 19 heavy (non-hydrogen) atoms. The summed E-state index contributed by atoms with van der Waals surface area (Å²) in [6, 6.07) is 0.603. The molecule has 2 atom stereocenters. The first-order valence-electron chi connectivity index (χ1n) is 7.19. The van der Waals surface area contributed by atoms with Crippen LogP contribution in [0.25, 0.3) is 0 Å². The van der Waals surface area contributed by atoms with Crippen molar-refractivity contribution in [2.75, 3.05) is 47.9 Å². The lowest BCUT2D eigenvalue weighted by Crippen LogP contribution is -2.60. The Bertz CT molecular complexity index is 331. The van der Waals surface area contributed by atoms with E-state index in [1.807, 2.05) is 7.05 Å². The van der Waals surface area contributed by atoms with Gasteiger partial charge in [0.1, 0.15) is 5.54 Å². The Morgan fingerprint density at radius 2 is 2.11 bits per heavy atom. The van der Waals surface area contributed by atoms with E-state index in [9.17, 15) is 4.79 Å². The third-order valence-corrected chi connectivity index (χ3v) is 4.72. The van der Waals surface area contributed by atoms with Crippen molar-refractivity contribution in [1.82, 2.24) is 15.1 Å². The highest BCUT2D eigenvalue weighted by molar-refractivity contribution is 5.82. The summed E-state index contributed by atoms with van der Waals surface area (Å²) in [4.78, 5) is 16.9. The zero-order valence-electron chi connectivity index (χ0n) is 12.6. The Balaban J connectivity index is 2.03. The zero-order chi connectivity index (χ0) is 14.0. The van der Waals surface area contributed by atoms with Gasteiger partial charge < -0.3 is 15.0 Å². The van der Waals surface area contributed by atoms with Crippen molar-refractivity contribution in [3.8, 4) is 0 Å². The molecule has 110 valence electrons. The minimum Gasteiger partial charge on any atom is -0.468 e. The number of likely N-dealkylation sites (N-methyl/N-ethyl adjacent to an activating group) is 2. The Labute approximate surface area is 116 Å². The lowest BCUT2D eigenvalue weighted by Gasteiger charge is -2.35. The van der Waals surface area contributed by atoms with E-state index in [4.69, 9.17) is 4.74 Å². The van der Waals surface area contributed by atoms with Crippen LogP contribution < -0.4 is 5.32 Å². The molecule has 5 nitrogen and oxygen atoms in total. The summed E-state index contributed by atoms with van der Waals surface area (Å²) in [6.07, 6.45) is 3.43. The number of hydrogen-bond donors (Lipinski definition) is 1. The minimum atomic E-state index is -0.504. The van der Waals surface area contributed by atoms with Gasteiger partial charge >= 0.3 is 5.97 Å². The van der Waals surface area contributed by atoms with E-state index >= 15 is 0 Å². The van der Waals surface area contributed by atoms with Gasteiger partial charge in [-0.1, -0.05) is 0 Å². The van der Waals surface area contributed by atoms with Crippen molar-refractivity contribution in [3.63, 3.8) is 0 Å². The predicted molar refractivity (Wildman–Crippen MR) is 75.1 cm³/mol. The SMILES string of the molecule is CNC(CN1CCC(N(C)C)C1)(C(=O)OC)C1CC1. The quantitative estimate of drug-likeness (QED) is 0.696. The molecule has 0 aromatic carbocycles. The normalized spacial score (nSPS) is 27.5. The molecule has 5 heteroatoms. The first-order valence-corrected chi connectivity index (χ1v) is 7.19. The maximum atomic E-state index is 12.2. The molecule has 0 aromatic heterocycles. The van der Waals surface area contributed by atoms with Gasteiger partial charge in [0.15, 0.2) is 0 Å². The van der Waals surface area contributed by atoms with Gasteiger partial charge in [0.2, 0.25) is 0 Å². The van der Waals surface area contributed by atoms with E-state index in [-0.39, 0.29) is 5.97 Å². The van der Waals surface area contributed by atoms with E-state index in [1.165, 1.54) is 13.5 Å². The molecule has 0 aromatic rings. The highest BCUT2D eigenvalue weighted by atomic mass is 16.5. The van der Waals surface area contributed by atoms with E-state index < -0.39 is 5.54 Å². The molecule has 2 unspecified atom stereocenters. The summed E-state index contributed by atoms with van der Waals surface area (Å²) in [5.74, 6) is 0.328. The van der Waals surface area contributed by atoms with E-state index in [1.54, 1.807) is 0 Å². The molecule has 1 aliphatic heterocycles. The molecule has 1 heterocycles. The summed E-state index contributed by atoms with van der Waals surface area (Å²) in [5, 5.41) is 3.27. The number of carbonyl (C=O) groups is 1. The second kappa shape index (κ2) is 5.77. The molecule has 1 saturated heterocycles. The predicted octanol–water partition coefficient (Wildman–Crippen LogP) is 0.164. The van der Waals surface area contributed by atoms with Crippen LogP contribution in [0.15, 0.2) is 0 Å². The molecule has 1 aliphatic carbocycles. The maximum Gasteiger partial charge on any atom is 0.327 e. The van der Waals surface area contributed by atoms with Crippen molar-refractivity contribution in [2.45, 2.75) is 30.8 Å². The molecular formula is C14H27N3O2. The number of esters is 1. The van der Waals surface area contributed by atoms with Gasteiger partial charge in [-0.3, -0.25) is 4.90 Å². The number of carbonyl (C=O) groups excluding carboxylic acids is 1. The third kappa shape index (κ3) is 2.93. The van der Waals surface area contributed by atoms with Crippen LogP contribution in [0.2, 0.25) is 0 Å². The topological polar surface area (TPSA) is 44.8 Å². The fourth-order valence-corrected chi connectivity index (χ4v) is 3.23. The number of nitrogens with zero attached hydrogens (tertiary/aromatic N) is 2. The van der Waals surface area contributed by atoms with E-state index in [0.717, 1.165) is 32.5 Å². The summed E-state index contributed by atoms with van der Waals surface area (Å²) in [6.45, 7) is 2.88. The first kappa shape index (κ1) is 14.8. The largest absolute Gasteiger partial charge is 0.468 e. The third-order valence-electron chi connectivity index (χ3n) is 4.72. The van der Waals surface area contributed by atoms with Crippen LogP contribution in [0, 0.1) is 5.92 Å².